The van der Waals surface area contributed by atoms with Gasteiger partial charge in [0.15, 0.2) is 0 Å². The van der Waals surface area contributed by atoms with Crippen LogP contribution in [0.1, 0.15) is 8.42 Å². The van der Waals surface area contributed by atoms with E-state index in [2.05, 4.69) is 9.98 Å². The summed E-state index contributed by atoms with van der Waals surface area (Å²) in [6, 6.07) is 3.62. The number of nitrogens with zero attached hydrogens (tertiary/aromatic N) is 4. The molecule has 0 atom stereocenters. The fourth-order valence-corrected chi connectivity index (χ4v) is 1.30. The first-order valence-electron chi connectivity index (χ1n) is 4.27. The van der Waals surface area contributed by atoms with E-state index < -0.39 is 22.4 Å². The zero-order chi connectivity index (χ0) is 12.6. The van der Waals surface area contributed by atoms with Gasteiger partial charge in [0.2, 0.25) is 0 Å². The van der Waals surface area contributed by atoms with E-state index in [4.69, 9.17) is 5.26 Å². The molecule has 2 amide bonds. The van der Waals surface area contributed by atoms with Crippen LogP contribution in [0.5, 0.6) is 0 Å². The molecule has 2 rings (SSSR count). The van der Waals surface area contributed by atoms with Gasteiger partial charge in [0.25, 0.3) is 5.69 Å². The van der Waals surface area contributed by atoms with Crippen molar-refractivity contribution in [3.63, 3.8) is 0 Å². The maximum Gasteiger partial charge on any atom is 1.00 e. The van der Waals surface area contributed by atoms with Gasteiger partial charge in [-0.3, -0.25) is 19.7 Å². The van der Waals surface area contributed by atoms with Crippen molar-refractivity contribution in [2.75, 3.05) is 0 Å². The van der Waals surface area contributed by atoms with E-state index >= 15 is 0 Å². The number of benzene rings is 1. The number of nitriles is 1. The first-order chi connectivity index (χ1) is 8.02. The summed E-state index contributed by atoms with van der Waals surface area (Å²) in [5, 5.41) is 19.3. The molecule has 8 nitrogen and oxygen atoms in total. The van der Waals surface area contributed by atoms with Gasteiger partial charge in [-0.2, -0.15) is 5.26 Å². The summed E-state index contributed by atoms with van der Waals surface area (Å²) in [6.07, 6.45) is 0. The second-order valence-corrected chi connectivity index (χ2v) is 3.06. The largest absolute Gasteiger partial charge is 1.00 e. The number of hydrogen-bond acceptors (Lipinski definition) is 5. The number of amides is 2. The summed E-state index contributed by atoms with van der Waals surface area (Å²) in [5.41, 5.74) is -0.720. The average molecular weight is 278 g/mol. The molecule has 1 aliphatic rings. The smallest absolute Gasteiger partial charge is 1.00 e. The Hall–Kier alpha value is -0.950. The van der Waals surface area contributed by atoms with Crippen molar-refractivity contribution in [1.82, 2.24) is 0 Å². The van der Waals surface area contributed by atoms with Gasteiger partial charge in [-0.05, 0) is 6.07 Å². The second-order valence-electron chi connectivity index (χ2n) is 3.06. The van der Waals surface area contributed by atoms with Crippen LogP contribution in [0.4, 0.5) is 5.69 Å². The van der Waals surface area contributed by atoms with Crippen molar-refractivity contribution in [2.45, 2.75) is 0 Å². The van der Waals surface area contributed by atoms with Gasteiger partial charge < -0.3 is 2.85 Å². The quantitative estimate of drug-likeness (QED) is 0.218. The van der Waals surface area contributed by atoms with Gasteiger partial charge in [0.1, 0.15) is 17.0 Å². The Morgan fingerprint density at radius 2 is 1.63 bits per heavy atom. The minimum atomic E-state index is -1.09. The number of fused-ring (bicyclic) bond motifs is 1. The van der Waals surface area contributed by atoms with Crippen molar-refractivity contribution in [3.8, 4) is 6.07 Å². The molecule has 10 heteroatoms. The standard InChI is InChI=1S/C9H2N4O4.2Na.2H/c10-3-4-1-5-6(2-7(4)13(16)17)12-9(15)8(14)11-5;;;;/h1-2H;;;;/q;2*+1;2*-1. The van der Waals surface area contributed by atoms with E-state index in [0.717, 1.165) is 12.1 Å². The summed E-state index contributed by atoms with van der Waals surface area (Å²) in [7, 11) is 0. The minimum absolute atomic E-state index is 0. The Labute approximate surface area is 152 Å². The van der Waals surface area contributed by atoms with Crippen molar-refractivity contribution in [2.24, 2.45) is 9.98 Å². The zero-order valence-corrected chi connectivity index (χ0v) is 14.1. The van der Waals surface area contributed by atoms with Crippen LogP contribution in [0.25, 0.3) is 0 Å². The molecule has 0 radical (unpaired) electrons. The predicted molar refractivity (Wildman–Crippen MR) is 52.4 cm³/mol. The van der Waals surface area contributed by atoms with Crippen molar-refractivity contribution < 1.29 is 76.5 Å². The molecule has 1 aromatic carbocycles. The van der Waals surface area contributed by atoms with Gasteiger partial charge >= 0.3 is 70.9 Å². The van der Waals surface area contributed by atoms with Crippen LogP contribution in [0.15, 0.2) is 22.1 Å². The van der Waals surface area contributed by atoms with Crippen LogP contribution in [0.2, 0.25) is 0 Å². The van der Waals surface area contributed by atoms with Crippen LogP contribution >= 0.6 is 0 Å². The van der Waals surface area contributed by atoms with Gasteiger partial charge in [-0.15, -0.1) is 0 Å². The molecule has 0 aliphatic carbocycles. The summed E-state index contributed by atoms with van der Waals surface area (Å²) in [6.45, 7) is 0. The van der Waals surface area contributed by atoms with E-state index in [1.807, 2.05) is 0 Å². The number of carbonyl (C=O) groups excluding carboxylic acids is 2. The molecular formula is C9H4N4Na2O4. The normalized spacial score (nSPS) is 11.7. The van der Waals surface area contributed by atoms with Gasteiger partial charge in [-0.1, -0.05) is 0 Å². The molecule has 0 aromatic heterocycles. The third-order valence-corrected chi connectivity index (χ3v) is 2.04. The van der Waals surface area contributed by atoms with Crippen molar-refractivity contribution >= 4 is 17.5 Å². The van der Waals surface area contributed by atoms with Crippen LogP contribution in [-0.4, -0.2) is 16.7 Å². The average Bonchev–Trinajstić information content (AvgIpc) is 2.29. The Morgan fingerprint density at radius 3 is 2.05 bits per heavy atom. The molecule has 19 heavy (non-hydrogen) atoms. The zero-order valence-electron chi connectivity index (χ0n) is 12.1. The maximum absolute atomic E-state index is 10.9. The summed E-state index contributed by atoms with van der Waals surface area (Å²) >= 11 is 0. The molecular weight excluding hydrogens is 274 g/mol. The topological polar surface area (TPSA) is 126 Å². The Bertz CT molecular complexity index is 747. The maximum atomic E-state index is 10.9. The molecule has 0 bridgehead atoms. The van der Waals surface area contributed by atoms with E-state index in [1.165, 1.54) is 0 Å². The summed E-state index contributed by atoms with van der Waals surface area (Å²) in [5.74, 6) is -2.15. The third-order valence-electron chi connectivity index (χ3n) is 2.04. The number of hydrogen-bond donors (Lipinski definition) is 0. The molecule has 0 N–H and O–H groups in total. The van der Waals surface area contributed by atoms with Crippen molar-refractivity contribution in [3.05, 3.63) is 38.5 Å². The number of nitro benzene ring substituents is 1. The van der Waals surface area contributed by atoms with Crippen LogP contribution in [0.3, 0.4) is 0 Å². The van der Waals surface area contributed by atoms with Crippen LogP contribution in [-0.2, 0) is 9.59 Å². The first kappa shape index (κ1) is 18.0. The first-order valence-corrected chi connectivity index (χ1v) is 4.27. The van der Waals surface area contributed by atoms with Crippen molar-refractivity contribution in [1.29, 1.82) is 5.26 Å². The monoisotopic (exact) mass is 278 g/mol. The number of rotatable bonds is 1. The molecule has 1 aliphatic heterocycles. The summed E-state index contributed by atoms with van der Waals surface area (Å²) < 4.78 is 0. The van der Waals surface area contributed by atoms with E-state index in [9.17, 15) is 19.7 Å². The van der Waals surface area contributed by atoms with Gasteiger partial charge in [-0.25, -0.2) is 9.98 Å². The molecule has 0 spiro atoms. The fourth-order valence-electron chi connectivity index (χ4n) is 1.30. The SMILES string of the molecule is N#Cc1cc2c(cc1[N+](=O)[O-])=NC(=O)C(=O)N=2.[H-].[H-].[Na+].[Na+]. The Kier molecular flexibility index (Phi) is 6.65. The van der Waals surface area contributed by atoms with E-state index in [0.29, 0.717) is 0 Å². The van der Waals surface area contributed by atoms with Gasteiger partial charge in [0.05, 0.1) is 10.3 Å². The molecule has 0 fully saturated rings. The molecule has 0 unspecified atom stereocenters. The molecule has 86 valence electrons. The molecule has 1 aromatic rings. The third kappa shape index (κ3) is 3.54. The summed E-state index contributed by atoms with van der Waals surface area (Å²) in [4.78, 5) is 38.5. The molecule has 0 saturated heterocycles. The fraction of sp³-hybridized carbons (Fsp3) is 0. The van der Waals surface area contributed by atoms with Crippen LogP contribution in [0, 0.1) is 21.4 Å². The second kappa shape index (κ2) is 7.00. The van der Waals surface area contributed by atoms with E-state index in [-0.39, 0.29) is 78.2 Å². The van der Waals surface area contributed by atoms with Gasteiger partial charge in [0, 0.05) is 6.07 Å². The molecule has 1 heterocycles. The Morgan fingerprint density at radius 1 is 1.16 bits per heavy atom. The number of carbonyl (C=O) groups is 2. The van der Waals surface area contributed by atoms with Crippen LogP contribution < -0.4 is 69.8 Å². The minimum Gasteiger partial charge on any atom is -1.00 e. The number of nitro groups is 1. The molecule has 0 saturated carbocycles. The Balaban J connectivity index is -0.000000810. The van der Waals surface area contributed by atoms with E-state index in [1.54, 1.807) is 6.07 Å². The predicted octanol–water partition coefficient (Wildman–Crippen LogP) is -6.99.